The van der Waals surface area contributed by atoms with Gasteiger partial charge in [0, 0.05) is 37.1 Å². The van der Waals surface area contributed by atoms with Gasteiger partial charge in [-0.1, -0.05) is 24.3 Å². The zero-order valence-corrected chi connectivity index (χ0v) is 17.6. The first kappa shape index (κ1) is 20.0. The molecule has 1 atom stereocenters. The van der Waals surface area contributed by atoms with Crippen molar-refractivity contribution in [1.29, 1.82) is 0 Å². The van der Waals surface area contributed by atoms with Crippen molar-refractivity contribution in [3.8, 4) is 11.3 Å². The summed E-state index contributed by atoms with van der Waals surface area (Å²) in [5.41, 5.74) is 3.36. The lowest BCUT2D eigenvalue weighted by molar-refractivity contribution is 0.726. The molecule has 0 radical (unpaired) electrons. The van der Waals surface area contributed by atoms with Crippen LogP contribution >= 0.6 is 35.7 Å². The molecule has 0 amide bonds. The van der Waals surface area contributed by atoms with Crippen LogP contribution in [0.4, 0.5) is 0 Å². The van der Waals surface area contributed by atoms with E-state index in [9.17, 15) is 0 Å². The normalized spacial score (nSPS) is 17.0. The average Bonchev–Trinajstić information content (AvgIpc) is 3.16. The lowest BCUT2D eigenvalue weighted by Gasteiger charge is -2.15. The third kappa shape index (κ3) is 6.18. The Kier molecular flexibility index (Phi) is 8.54. The van der Waals surface area contributed by atoms with Gasteiger partial charge in [0.1, 0.15) is 0 Å². The molecule has 0 spiro atoms. The van der Waals surface area contributed by atoms with Gasteiger partial charge in [0.15, 0.2) is 5.96 Å². The Morgan fingerprint density at radius 3 is 2.88 bits per heavy atom. The van der Waals surface area contributed by atoms with E-state index in [0.717, 1.165) is 35.6 Å². The second kappa shape index (κ2) is 10.7. The number of aliphatic imine (C=N–C) groups is 1. The zero-order valence-electron chi connectivity index (χ0n) is 14.4. The average molecular weight is 468 g/mol. The van der Waals surface area contributed by atoms with E-state index in [1.54, 1.807) is 0 Å². The van der Waals surface area contributed by atoms with Crippen LogP contribution in [0.1, 0.15) is 18.4 Å². The molecule has 2 N–H and O–H groups in total. The van der Waals surface area contributed by atoms with Gasteiger partial charge in [0.25, 0.3) is 0 Å². The number of pyridine rings is 1. The van der Waals surface area contributed by atoms with Crippen LogP contribution in [-0.4, -0.2) is 35.5 Å². The molecule has 1 saturated heterocycles. The quantitative estimate of drug-likeness (QED) is 0.397. The van der Waals surface area contributed by atoms with Gasteiger partial charge in [0.2, 0.25) is 0 Å². The second-order valence-electron chi connectivity index (χ2n) is 5.86. The van der Waals surface area contributed by atoms with E-state index in [1.165, 1.54) is 24.2 Å². The molecule has 4 nitrogen and oxygen atoms in total. The summed E-state index contributed by atoms with van der Waals surface area (Å²) in [4.78, 5) is 8.73. The number of nitrogens with one attached hydrogen (secondary N) is 2. The third-order valence-electron chi connectivity index (χ3n) is 4.09. The van der Waals surface area contributed by atoms with Gasteiger partial charge in [-0.3, -0.25) is 9.98 Å². The highest BCUT2D eigenvalue weighted by Gasteiger charge is 2.15. The van der Waals surface area contributed by atoms with Crippen molar-refractivity contribution in [2.75, 3.05) is 19.3 Å². The zero-order chi connectivity index (χ0) is 16.6. The summed E-state index contributed by atoms with van der Waals surface area (Å²) in [7, 11) is 1.82. The number of aromatic nitrogens is 1. The van der Waals surface area contributed by atoms with Crippen molar-refractivity contribution in [2.24, 2.45) is 4.99 Å². The molecular formula is C19H25IN4S. The first-order chi connectivity index (χ1) is 11.8. The van der Waals surface area contributed by atoms with Crippen LogP contribution < -0.4 is 10.6 Å². The van der Waals surface area contributed by atoms with Crippen LogP contribution in [0.5, 0.6) is 0 Å². The number of thioether (sulfide) groups is 1. The molecule has 3 rings (SSSR count). The van der Waals surface area contributed by atoms with Crippen LogP contribution in [0.2, 0.25) is 0 Å². The van der Waals surface area contributed by atoms with Gasteiger partial charge >= 0.3 is 0 Å². The van der Waals surface area contributed by atoms with Gasteiger partial charge in [-0.05, 0) is 42.4 Å². The molecule has 134 valence electrons. The summed E-state index contributed by atoms with van der Waals surface area (Å²) in [6, 6.07) is 14.5. The maximum absolute atomic E-state index is 4.42. The minimum atomic E-state index is 0. The van der Waals surface area contributed by atoms with E-state index >= 15 is 0 Å². The van der Waals surface area contributed by atoms with Crippen molar-refractivity contribution < 1.29 is 0 Å². The Bertz CT molecular complexity index is 672. The second-order valence-corrected chi connectivity index (χ2v) is 7.27. The van der Waals surface area contributed by atoms with E-state index in [0.29, 0.717) is 0 Å². The number of rotatable bonds is 5. The largest absolute Gasteiger partial charge is 0.355 e. The lowest BCUT2D eigenvalue weighted by atomic mass is 10.1. The highest BCUT2D eigenvalue weighted by molar-refractivity contribution is 14.0. The molecule has 6 heteroatoms. The fraction of sp³-hybridized carbons (Fsp3) is 0.368. The van der Waals surface area contributed by atoms with Gasteiger partial charge < -0.3 is 10.6 Å². The Morgan fingerprint density at radius 2 is 2.16 bits per heavy atom. The summed E-state index contributed by atoms with van der Waals surface area (Å²) >= 11 is 2.06. The van der Waals surface area contributed by atoms with Crippen molar-refractivity contribution >= 4 is 41.7 Å². The summed E-state index contributed by atoms with van der Waals surface area (Å²) < 4.78 is 0. The molecule has 1 aliphatic heterocycles. The van der Waals surface area contributed by atoms with Gasteiger partial charge in [-0.25, -0.2) is 0 Å². The third-order valence-corrected chi connectivity index (χ3v) is 5.49. The van der Waals surface area contributed by atoms with Crippen LogP contribution in [-0.2, 0) is 6.54 Å². The Hall–Kier alpha value is -1.28. The molecule has 0 aliphatic carbocycles. The summed E-state index contributed by atoms with van der Waals surface area (Å²) in [6.07, 6.45) is 4.47. The molecule has 2 aromatic rings. The maximum atomic E-state index is 4.42. The number of guanidine groups is 1. The number of benzene rings is 1. The molecule has 1 fully saturated rings. The number of hydrogen-bond donors (Lipinski definition) is 2. The fourth-order valence-electron chi connectivity index (χ4n) is 2.80. The first-order valence-corrected chi connectivity index (χ1v) is 9.46. The minimum Gasteiger partial charge on any atom is -0.355 e. The molecular weight excluding hydrogens is 443 g/mol. The molecule has 25 heavy (non-hydrogen) atoms. The van der Waals surface area contributed by atoms with Crippen LogP contribution in [0.3, 0.4) is 0 Å². The van der Waals surface area contributed by atoms with E-state index in [-0.39, 0.29) is 24.0 Å². The molecule has 1 aromatic carbocycles. The van der Waals surface area contributed by atoms with Crippen LogP contribution in [0, 0.1) is 0 Å². The predicted molar refractivity (Wildman–Crippen MR) is 119 cm³/mol. The number of halogens is 1. The predicted octanol–water partition coefficient (Wildman–Crippen LogP) is 3.93. The molecule has 1 aliphatic rings. The Morgan fingerprint density at radius 1 is 1.24 bits per heavy atom. The standard InChI is InChI=1S/C19H24N4S.HI/c1-20-19(23-14-17-8-5-11-24-17)22-13-15-6-4-7-16(12-15)18-9-2-3-10-21-18;/h2-4,6-7,9-10,12,17H,5,8,11,13-14H2,1H3,(H2,20,22,23);1H. The molecule has 0 saturated carbocycles. The molecule has 0 bridgehead atoms. The summed E-state index contributed by atoms with van der Waals surface area (Å²) in [5.74, 6) is 2.16. The van der Waals surface area contributed by atoms with Crippen LogP contribution in [0.15, 0.2) is 53.7 Å². The topological polar surface area (TPSA) is 49.3 Å². The summed E-state index contributed by atoms with van der Waals surface area (Å²) in [5, 5.41) is 7.55. The van der Waals surface area contributed by atoms with E-state index in [1.807, 2.05) is 31.4 Å². The van der Waals surface area contributed by atoms with Gasteiger partial charge in [-0.2, -0.15) is 11.8 Å². The van der Waals surface area contributed by atoms with Crippen LogP contribution in [0.25, 0.3) is 11.3 Å². The highest BCUT2D eigenvalue weighted by Crippen LogP contribution is 2.25. The number of hydrogen-bond acceptors (Lipinski definition) is 3. The Balaban J connectivity index is 0.00000225. The first-order valence-electron chi connectivity index (χ1n) is 8.41. The number of nitrogens with zero attached hydrogens (tertiary/aromatic N) is 2. The minimum absolute atomic E-state index is 0. The molecule has 2 heterocycles. The fourth-order valence-corrected chi connectivity index (χ4v) is 4.00. The van der Waals surface area contributed by atoms with Gasteiger partial charge in [0.05, 0.1) is 5.69 Å². The highest BCUT2D eigenvalue weighted by atomic mass is 127. The lowest BCUT2D eigenvalue weighted by Crippen LogP contribution is -2.39. The molecule has 1 unspecified atom stereocenters. The van der Waals surface area contributed by atoms with Crippen molar-refractivity contribution in [2.45, 2.75) is 24.6 Å². The smallest absolute Gasteiger partial charge is 0.191 e. The van der Waals surface area contributed by atoms with Gasteiger partial charge in [-0.15, -0.1) is 24.0 Å². The van der Waals surface area contributed by atoms with Crippen molar-refractivity contribution in [3.05, 3.63) is 54.2 Å². The monoisotopic (exact) mass is 468 g/mol. The summed E-state index contributed by atoms with van der Waals surface area (Å²) in [6.45, 7) is 1.73. The molecule has 1 aromatic heterocycles. The SMILES string of the molecule is CN=C(NCc1cccc(-c2ccccn2)c1)NCC1CCCS1.I. The van der Waals surface area contributed by atoms with Crippen molar-refractivity contribution in [1.82, 2.24) is 15.6 Å². The van der Waals surface area contributed by atoms with E-state index in [4.69, 9.17) is 0 Å². The van der Waals surface area contributed by atoms with E-state index in [2.05, 4.69) is 56.6 Å². The van der Waals surface area contributed by atoms with E-state index < -0.39 is 0 Å². The Labute approximate surface area is 171 Å². The maximum Gasteiger partial charge on any atom is 0.191 e. The van der Waals surface area contributed by atoms with Crippen molar-refractivity contribution in [3.63, 3.8) is 0 Å².